The van der Waals surface area contributed by atoms with Crippen LogP contribution < -0.4 is 19.0 Å². The largest absolute Gasteiger partial charge is 0.493 e. The average molecular weight is 513 g/mol. The van der Waals surface area contributed by atoms with Gasteiger partial charge in [-0.05, 0) is 30.2 Å². The molecule has 0 amide bonds. The van der Waals surface area contributed by atoms with Crippen LogP contribution in [-0.4, -0.2) is 43.7 Å². The molecule has 2 aromatic heterocycles. The van der Waals surface area contributed by atoms with Gasteiger partial charge >= 0.3 is 0 Å². The molecule has 3 aromatic carbocycles. The van der Waals surface area contributed by atoms with Gasteiger partial charge in [0.15, 0.2) is 11.5 Å². The van der Waals surface area contributed by atoms with Gasteiger partial charge in [-0.2, -0.15) is 5.10 Å². The highest BCUT2D eigenvalue weighted by molar-refractivity contribution is 7.07. The Labute approximate surface area is 219 Å². The lowest BCUT2D eigenvalue weighted by Gasteiger charge is -2.14. The van der Waals surface area contributed by atoms with Gasteiger partial charge in [0, 0.05) is 40.2 Å². The topological polar surface area (TPSA) is 73.1 Å². The maximum absolute atomic E-state index is 5.59. The summed E-state index contributed by atoms with van der Waals surface area (Å²) >= 11 is 1.55. The van der Waals surface area contributed by atoms with Crippen molar-refractivity contribution >= 4 is 28.5 Å². The van der Waals surface area contributed by atoms with Crippen LogP contribution in [0.2, 0.25) is 0 Å². The lowest BCUT2D eigenvalue weighted by Crippen LogP contribution is -2.13. The van der Waals surface area contributed by atoms with Crippen molar-refractivity contribution in [3.05, 3.63) is 94.2 Å². The summed E-state index contributed by atoms with van der Waals surface area (Å²) < 4.78 is 18.6. The van der Waals surface area contributed by atoms with Crippen LogP contribution >= 0.6 is 11.3 Å². The van der Waals surface area contributed by atoms with Crippen molar-refractivity contribution in [2.24, 2.45) is 10.1 Å². The van der Waals surface area contributed by atoms with Gasteiger partial charge in [-0.15, -0.1) is 11.3 Å². The summed E-state index contributed by atoms with van der Waals surface area (Å²) in [5.74, 6) is 1.71. The second kappa shape index (κ2) is 11.2. The molecule has 0 aliphatic carbocycles. The van der Waals surface area contributed by atoms with E-state index >= 15 is 0 Å². The number of methoxy groups -OCH3 is 3. The molecular weight excluding hydrogens is 484 g/mol. The molecule has 37 heavy (non-hydrogen) atoms. The van der Waals surface area contributed by atoms with Gasteiger partial charge < -0.3 is 19.2 Å². The van der Waals surface area contributed by atoms with E-state index in [1.807, 2.05) is 47.4 Å². The molecule has 0 unspecified atom stereocenters. The lowest BCUT2D eigenvalue weighted by molar-refractivity contribution is 0.324. The molecule has 1 N–H and O–H groups in total. The quantitative estimate of drug-likeness (QED) is 0.256. The molecule has 0 aliphatic heterocycles. The number of H-pyrrole nitrogens is 1. The maximum atomic E-state index is 5.59. The Kier molecular flexibility index (Phi) is 7.37. The van der Waals surface area contributed by atoms with Gasteiger partial charge in [-0.1, -0.05) is 48.5 Å². The van der Waals surface area contributed by atoms with E-state index < -0.39 is 0 Å². The Balaban J connectivity index is 1.59. The summed E-state index contributed by atoms with van der Waals surface area (Å²) in [6.45, 7) is 0.655. The fourth-order valence-electron chi connectivity index (χ4n) is 4.19. The number of hydrogen-bond donors (Lipinski definition) is 1. The molecule has 0 spiro atoms. The minimum Gasteiger partial charge on any atom is -0.493 e. The number of aromatic nitrogens is 2. The second-order valence-corrected chi connectivity index (χ2v) is 9.12. The van der Waals surface area contributed by atoms with Crippen molar-refractivity contribution in [2.75, 3.05) is 27.9 Å². The Morgan fingerprint density at radius 2 is 1.65 bits per heavy atom. The Hall–Kier alpha value is -4.30. The van der Waals surface area contributed by atoms with E-state index in [1.165, 1.54) is 5.56 Å². The van der Waals surface area contributed by atoms with Gasteiger partial charge in [0.2, 0.25) is 10.6 Å². The Morgan fingerprint density at radius 3 is 2.38 bits per heavy atom. The zero-order chi connectivity index (χ0) is 25.6. The zero-order valence-corrected chi connectivity index (χ0v) is 21.8. The Bertz CT molecular complexity index is 1570. The number of fused-ring (bicyclic) bond motifs is 1. The number of rotatable bonds is 9. The number of ether oxygens (including phenoxy) is 3. The van der Waals surface area contributed by atoms with E-state index in [9.17, 15) is 0 Å². The van der Waals surface area contributed by atoms with Crippen LogP contribution in [0.5, 0.6) is 17.2 Å². The summed E-state index contributed by atoms with van der Waals surface area (Å²) in [4.78, 5) is 9.01. The van der Waals surface area contributed by atoms with Crippen LogP contribution in [0.15, 0.2) is 88.4 Å². The number of thiazole rings is 1. The van der Waals surface area contributed by atoms with E-state index in [1.54, 1.807) is 32.7 Å². The van der Waals surface area contributed by atoms with E-state index in [4.69, 9.17) is 24.3 Å². The van der Waals surface area contributed by atoms with Crippen LogP contribution in [0.1, 0.15) is 11.1 Å². The molecule has 5 rings (SSSR count). The third-order valence-electron chi connectivity index (χ3n) is 6.07. The highest BCUT2D eigenvalue weighted by Crippen LogP contribution is 2.41. The van der Waals surface area contributed by atoms with Gasteiger partial charge in [0.1, 0.15) is 0 Å². The molecule has 0 bridgehead atoms. The van der Waals surface area contributed by atoms with Crippen molar-refractivity contribution in [3.63, 3.8) is 0 Å². The molecule has 0 saturated carbocycles. The van der Waals surface area contributed by atoms with Crippen LogP contribution in [0.25, 0.3) is 22.2 Å². The number of aromatic amines is 1. The predicted molar refractivity (Wildman–Crippen MR) is 149 cm³/mol. The van der Waals surface area contributed by atoms with Gasteiger partial charge in [0.05, 0.1) is 33.2 Å². The van der Waals surface area contributed by atoms with E-state index in [0.717, 1.165) is 38.9 Å². The first-order valence-electron chi connectivity index (χ1n) is 11.9. The first-order valence-corrected chi connectivity index (χ1v) is 12.8. The number of hydrogen-bond acceptors (Lipinski definition) is 6. The minimum absolute atomic E-state index is 0.547. The molecule has 0 saturated heterocycles. The van der Waals surface area contributed by atoms with E-state index in [2.05, 4.69) is 46.8 Å². The summed E-state index contributed by atoms with van der Waals surface area (Å²) in [5, 5.41) is 8.05. The van der Waals surface area contributed by atoms with Crippen LogP contribution in [-0.2, 0) is 6.42 Å². The van der Waals surface area contributed by atoms with E-state index in [0.29, 0.717) is 23.8 Å². The highest BCUT2D eigenvalue weighted by atomic mass is 32.1. The summed E-state index contributed by atoms with van der Waals surface area (Å²) in [7, 11) is 4.82. The Morgan fingerprint density at radius 1 is 0.919 bits per heavy atom. The van der Waals surface area contributed by atoms with Crippen LogP contribution in [0.4, 0.5) is 0 Å². The second-order valence-electron chi connectivity index (χ2n) is 8.28. The molecule has 0 fully saturated rings. The predicted octanol–water partition coefficient (Wildman–Crippen LogP) is 5.75. The number of para-hydroxylation sites is 1. The van der Waals surface area contributed by atoms with Crippen molar-refractivity contribution < 1.29 is 14.2 Å². The summed E-state index contributed by atoms with van der Waals surface area (Å²) in [6, 6.07) is 22.4. The molecule has 5 aromatic rings. The lowest BCUT2D eigenvalue weighted by atomic mass is 10.1. The molecule has 7 nitrogen and oxygen atoms in total. The number of benzene rings is 3. The van der Waals surface area contributed by atoms with Gasteiger partial charge in [-0.3, -0.25) is 4.99 Å². The smallest absolute Gasteiger partial charge is 0.206 e. The highest BCUT2D eigenvalue weighted by Gasteiger charge is 2.17. The third kappa shape index (κ3) is 5.15. The van der Waals surface area contributed by atoms with Crippen molar-refractivity contribution in [1.29, 1.82) is 0 Å². The average Bonchev–Trinajstić information content (AvgIpc) is 3.55. The number of nitrogens with one attached hydrogen (secondary N) is 1. The molecular formula is C29H28N4O3S. The van der Waals surface area contributed by atoms with E-state index in [-0.39, 0.29) is 0 Å². The minimum atomic E-state index is 0.547. The summed E-state index contributed by atoms with van der Waals surface area (Å²) in [6.07, 6.45) is 4.68. The first kappa shape index (κ1) is 24.4. The molecule has 2 heterocycles. The monoisotopic (exact) mass is 512 g/mol. The molecule has 0 atom stereocenters. The molecule has 8 heteroatoms. The molecule has 0 radical (unpaired) electrons. The normalized spacial score (nSPS) is 11.9. The number of nitrogens with zero attached hydrogens (tertiary/aromatic N) is 3. The SMILES string of the molecule is COc1cc(-c2csc(=NCCc3ccccc3)n2N=Cc2c[nH]c3ccccc23)cc(OC)c1OC. The first-order chi connectivity index (χ1) is 18.2. The van der Waals surface area contributed by atoms with Crippen LogP contribution in [0, 0.1) is 0 Å². The van der Waals surface area contributed by atoms with Gasteiger partial charge in [0.25, 0.3) is 0 Å². The van der Waals surface area contributed by atoms with Crippen molar-refractivity contribution in [3.8, 4) is 28.5 Å². The fraction of sp³-hybridized carbons (Fsp3) is 0.172. The third-order valence-corrected chi connectivity index (χ3v) is 6.92. The van der Waals surface area contributed by atoms with Crippen LogP contribution in [0.3, 0.4) is 0 Å². The maximum Gasteiger partial charge on any atom is 0.206 e. The summed E-state index contributed by atoms with van der Waals surface area (Å²) in [5.41, 5.74) is 5.07. The molecule has 188 valence electrons. The van der Waals surface area contributed by atoms with Gasteiger partial charge in [-0.25, -0.2) is 4.68 Å². The standard InChI is InChI=1S/C29H28N4O3S/c1-34-26-15-21(16-27(35-2)28(26)36-3)25-19-37-29(30-14-13-20-9-5-4-6-10-20)33(25)32-18-22-17-31-24-12-8-7-11-23(22)24/h4-12,15-19,31H,13-14H2,1-3H3. The van der Waals surface area contributed by atoms with Crippen molar-refractivity contribution in [1.82, 2.24) is 9.66 Å². The zero-order valence-electron chi connectivity index (χ0n) is 21.0. The van der Waals surface area contributed by atoms with Crippen molar-refractivity contribution in [2.45, 2.75) is 6.42 Å². The fourth-order valence-corrected chi connectivity index (χ4v) is 5.06. The molecule has 0 aliphatic rings.